The molecule has 0 spiro atoms. The number of halogens is 2. The van der Waals surface area contributed by atoms with Crippen LogP contribution in [0.25, 0.3) is 0 Å². The topological polar surface area (TPSA) is 65.5 Å². The molecule has 2 aromatic carbocycles. The van der Waals surface area contributed by atoms with E-state index in [4.69, 9.17) is 4.74 Å². The Bertz CT molecular complexity index is 1310. The second-order valence-electron chi connectivity index (χ2n) is 9.19. The van der Waals surface area contributed by atoms with Gasteiger partial charge in [-0.1, -0.05) is 30.3 Å². The van der Waals surface area contributed by atoms with E-state index in [1.165, 1.54) is 51.6 Å². The first-order chi connectivity index (χ1) is 18.5. The van der Waals surface area contributed by atoms with Crippen molar-refractivity contribution in [2.24, 2.45) is 5.10 Å². The molecule has 0 aliphatic carbocycles. The maximum Gasteiger partial charge on any atom is 0.262 e. The van der Waals surface area contributed by atoms with Gasteiger partial charge in [-0.15, -0.1) is 11.3 Å². The third kappa shape index (κ3) is 5.98. The van der Waals surface area contributed by atoms with Gasteiger partial charge in [0.15, 0.2) is 0 Å². The van der Waals surface area contributed by atoms with Crippen molar-refractivity contribution in [1.82, 2.24) is 14.8 Å². The maximum absolute atomic E-state index is 14.6. The lowest BCUT2D eigenvalue weighted by Crippen LogP contribution is -2.46. The highest BCUT2D eigenvalue weighted by molar-refractivity contribution is 7.10. The Labute approximate surface area is 223 Å². The molecule has 0 radical (unpaired) electrons. The second-order valence-corrected chi connectivity index (χ2v) is 10.2. The average molecular weight is 539 g/mol. The summed E-state index contributed by atoms with van der Waals surface area (Å²) in [5, 5.41) is 7.83. The highest BCUT2D eigenvalue weighted by Gasteiger charge is 2.35. The Morgan fingerprint density at radius 1 is 1.05 bits per heavy atom. The van der Waals surface area contributed by atoms with Crippen LogP contribution in [0, 0.1) is 11.6 Å². The van der Waals surface area contributed by atoms with E-state index in [2.05, 4.69) is 10.0 Å². The summed E-state index contributed by atoms with van der Waals surface area (Å²) in [7, 11) is 0. The van der Waals surface area contributed by atoms with E-state index in [0.29, 0.717) is 37.5 Å². The molecule has 0 N–H and O–H groups in total. The molecule has 0 bridgehead atoms. The first-order valence-corrected chi connectivity index (χ1v) is 13.4. The smallest absolute Gasteiger partial charge is 0.262 e. The van der Waals surface area contributed by atoms with E-state index in [0.717, 1.165) is 18.0 Å². The van der Waals surface area contributed by atoms with Gasteiger partial charge in [-0.3, -0.25) is 14.5 Å². The lowest BCUT2D eigenvalue weighted by molar-refractivity contribution is -0.133. The predicted molar refractivity (Wildman–Crippen MR) is 141 cm³/mol. The molecule has 1 aromatic heterocycles. The third-order valence-electron chi connectivity index (χ3n) is 6.70. The summed E-state index contributed by atoms with van der Waals surface area (Å²) < 4.78 is 33.9. The lowest BCUT2D eigenvalue weighted by Gasteiger charge is -2.31. The van der Waals surface area contributed by atoms with Gasteiger partial charge in [-0.25, -0.2) is 13.8 Å². The number of hydrogen-bond acceptors (Lipinski definition) is 6. The van der Waals surface area contributed by atoms with E-state index < -0.39 is 23.6 Å². The summed E-state index contributed by atoms with van der Waals surface area (Å²) in [6.45, 7) is 3.28. The van der Waals surface area contributed by atoms with Gasteiger partial charge in [-0.2, -0.15) is 5.10 Å². The Morgan fingerprint density at radius 3 is 2.61 bits per heavy atom. The van der Waals surface area contributed by atoms with Gasteiger partial charge in [-0.05, 0) is 35.7 Å². The van der Waals surface area contributed by atoms with Crippen LogP contribution in [0.2, 0.25) is 0 Å². The molecule has 0 saturated carbocycles. The molecule has 7 nitrogen and oxygen atoms in total. The number of hydrogen-bond donors (Lipinski definition) is 0. The van der Waals surface area contributed by atoms with Gasteiger partial charge >= 0.3 is 0 Å². The summed E-state index contributed by atoms with van der Waals surface area (Å²) in [5.74, 6) is -1.75. The third-order valence-corrected chi connectivity index (χ3v) is 7.67. The van der Waals surface area contributed by atoms with Crippen LogP contribution in [0.5, 0.6) is 0 Å². The van der Waals surface area contributed by atoms with Crippen LogP contribution in [0.15, 0.2) is 71.1 Å². The minimum absolute atomic E-state index is 0.173. The first kappa shape index (κ1) is 26.1. The number of rotatable bonds is 8. The number of nitrogens with zero attached hydrogens (tertiary/aromatic N) is 4. The molecule has 198 valence electrons. The molecule has 10 heteroatoms. The zero-order valence-electron chi connectivity index (χ0n) is 20.8. The summed E-state index contributed by atoms with van der Waals surface area (Å²) in [6.07, 6.45) is 0.360. The van der Waals surface area contributed by atoms with E-state index in [1.807, 2.05) is 17.5 Å². The Hall–Kier alpha value is -3.47. The maximum atomic E-state index is 14.6. The molecule has 38 heavy (non-hydrogen) atoms. The normalized spacial score (nSPS) is 17.9. The highest BCUT2D eigenvalue weighted by Crippen LogP contribution is 2.35. The SMILES string of the molecule is O=C(c1cccc(F)c1)N(CCN1CCOCC1)CC(=O)N1N=C(c2ccccc2F)C[C@H]1c1cccs1. The molecule has 2 amide bonds. The van der Waals surface area contributed by atoms with Crippen LogP contribution in [-0.4, -0.2) is 78.3 Å². The van der Waals surface area contributed by atoms with Gasteiger partial charge in [0.05, 0.1) is 25.0 Å². The molecule has 1 atom stereocenters. The fourth-order valence-electron chi connectivity index (χ4n) is 4.68. The minimum Gasteiger partial charge on any atom is -0.379 e. The highest BCUT2D eigenvalue weighted by atomic mass is 32.1. The predicted octanol–water partition coefficient (Wildman–Crippen LogP) is 4.18. The molecule has 1 saturated heterocycles. The van der Waals surface area contributed by atoms with E-state index in [1.54, 1.807) is 18.2 Å². The molecular weight excluding hydrogens is 510 g/mol. The number of ether oxygens (including phenoxy) is 1. The minimum atomic E-state index is -0.522. The van der Waals surface area contributed by atoms with Gasteiger partial charge in [0.25, 0.3) is 11.8 Å². The van der Waals surface area contributed by atoms with E-state index >= 15 is 0 Å². The number of amides is 2. The monoisotopic (exact) mass is 538 g/mol. The largest absolute Gasteiger partial charge is 0.379 e. The van der Waals surface area contributed by atoms with Crippen LogP contribution in [0.3, 0.4) is 0 Å². The molecule has 0 unspecified atom stereocenters. The van der Waals surface area contributed by atoms with Crippen molar-refractivity contribution in [3.63, 3.8) is 0 Å². The number of morpholine rings is 1. The zero-order chi connectivity index (χ0) is 26.5. The summed E-state index contributed by atoms with van der Waals surface area (Å²) in [4.78, 5) is 31.7. The van der Waals surface area contributed by atoms with E-state index in [9.17, 15) is 18.4 Å². The molecule has 5 rings (SSSR count). The molecule has 3 aromatic rings. The summed E-state index contributed by atoms with van der Waals surface area (Å²) in [6, 6.07) is 15.2. The number of benzene rings is 2. The average Bonchev–Trinajstić information content (AvgIpc) is 3.62. The number of thiophene rings is 1. The number of carbonyl (C=O) groups excluding carboxylic acids is 2. The van der Waals surface area contributed by atoms with Crippen molar-refractivity contribution in [2.75, 3.05) is 45.9 Å². The quantitative estimate of drug-likeness (QED) is 0.432. The van der Waals surface area contributed by atoms with Gasteiger partial charge in [0, 0.05) is 48.6 Å². The Balaban J connectivity index is 1.40. The van der Waals surface area contributed by atoms with E-state index in [-0.39, 0.29) is 24.6 Å². The number of hydrazone groups is 1. The lowest BCUT2D eigenvalue weighted by atomic mass is 10.0. The van der Waals surface area contributed by atoms with Crippen molar-refractivity contribution < 1.29 is 23.1 Å². The van der Waals surface area contributed by atoms with Gasteiger partial charge in [0.1, 0.15) is 18.2 Å². The summed E-state index contributed by atoms with van der Waals surface area (Å²) >= 11 is 1.49. The van der Waals surface area contributed by atoms with Crippen LogP contribution in [-0.2, 0) is 9.53 Å². The zero-order valence-corrected chi connectivity index (χ0v) is 21.6. The van der Waals surface area contributed by atoms with Crippen LogP contribution >= 0.6 is 11.3 Å². The Kier molecular flexibility index (Phi) is 8.21. The Morgan fingerprint density at radius 2 is 1.87 bits per heavy atom. The van der Waals surface area contributed by atoms with Crippen molar-refractivity contribution >= 4 is 28.9 Å². The van der Waals surface area contributed by atoms with Gasteiger partial charge in [0.2, 0.25) is 0 Å². The van der Waals surface area contributed by atoms with Crippen LogP contribution < -0.4 is 0 Å². The molecule has 1 fully saturated rings. The standard InChI is InChI=1S/C28H28F2N4O3S/c29-21-6-3-5-20(17-21)28(36)33(11-10-32-12-14-37-15-13-32)19-27(35)34-25(26-9-4-16-38-26)18-24(31-34)22-7-1-2-8-23(22)30/h1-9,16-17,25H,10-15,18-19H2/t25-/m0/s1. The van der Waals surface area contributed by atoms with Crippen molar-refractivity contribution in [2.45, 2.75) is 12.5 Å². The van der Waals surface area contributed by atoms with Crippen LogP contribution in [0.4, 0.5) is 8.78 Å². The molecular formula is C28H28F2N4O3S. The fourth-order valence-corrected chi connectivity index (χ4v) is 5.49. The van der Waals surface area contributed by atoms with Crippen LogP contribution in [0.1, 0.15) is 33.3 Å². The van der Waals surface area contributed by atoms with Gasteiger partial charge < -0.3 is 9.64 Å². The molecule has 2 aliphatic heterocycles. The van der Waals surface area contributed by atoms with Crippen molar-refractivity contribution in [3.05, 3.63) is 93.7 Å². The first-order valence-electron chi connectivity index (χ1n) is 12.5. The fraction of sp³-hybridized carbons (Fsp3) is 0.321. The second kappa shape index (κ2) is 11.9. The molecule has 3 heterocycles. The number of carbonyl (C=O) groups is 2. The van der Waals surface area contributed by atoms with Crippen molar-refractivity contribution in [3.8, 4) is 0 Å². The summed E-state index contributed by atoms with van der Waals surface area (Å²) in [5.41, 5.74) is 1.00. The molecule has 2 aliphatic rings. The van der Waals surface area contributed by atoms with Crippen molar-refractivity contribution in [1.29, 1.82) is 0 Å².